The molecule has 0 aliphatic carbocycles. The molecule has 0 bridgehead atoms. The SMILES string of the molecule is CN(CCOc1ccccc1)Cc1nc(C(C)(C)C)no1. The van der Waals surface area contributed by atoms with Crippen LogP contribution < -0.4 is 4.74 Å². The van der Waals surface area contributed by atoms with Gasteiger partial charge in [0.1, 0.15) is 12.4 Å². The highest BCUT2D eigenvalue weighted by Gasteiger charge is 2.21. The molecule has 0 radical (unpaired) electrons. The van der Waals surface area contributed by atoms with Crippen LogP contribution >= 0.6 is 0 Å². The maximum atomic E-state index is 5.67. The zero-order valence-corrected chi connectivity index (χ0v) is 13.2. The average Bonchev–Trinajstić information content (AvgIpc) is 2.88. The van der Waals surface area contributed by atoms with Crippen molar-refractivity contribution in [3.8, 4) is 5.75 Å². The van der Waals surface area contributed by atoms with Gasteiger partial charge in [0.05, 0.1) is 6.54 Å². The normalized spacial score (nSPS) is 11.9. The molecule has 1 aromatic carbocycles. The van der Waals surface area contributed by atoms with Gasteiger partial charge in [-0.25, -0.2) is 0 Å². The van der Waals surface area contributed by atoms with Crippen molar-refractivity contribution < 1.29 is 9.26 Å². The van der Waals surface area contributed by atoms with Crippen LogP contribution in [0.15, 0.2) is 34.9 Å². The molecule has 2 rings (SSSR count). The fourth-order valence-electron chi connectivity index (χ4n) is 1.77. The lowest BCUT2D eigenvalue weighted by atomic mass is 9.96. The Morgan fingerprint density at radius 2 is 1.90 bits per heavy atom. The molecule has 0 N–H and O–H groups in total. The lowest BCUT2D eigenvalue weighted by molar-refractivity contribution is 0.212. The van der Waals surface area contributed by atoms with Gasteiger partial charge in [-0.05, 0) is 19.2 Å². The predicted molar refractivity (Wildman–Crippen MR) is 81.3 cm³/mol. The first-order valence-corrected chi connectivity index (χ1v) is 7.14. The Balaban J connectivity index is 1.77. The molecule has 0 aliphatic heterocycles. The van der Waals surface area contributed by atoms with E-state index in [0.29, 0.717) is 19.0 Å². The molecule has 2 aromatic rings. The number of aromatic nitrogens is 2. The molecule has 114 valence electrons. The van der Waals surface area contributed by atoms with Crippen LogP contribution in [0.4, 0.5) is 0 Å². The molecule has 0 spiro atoms. The maximum absolute atomic E-state index is 5.67. The number of hydrogen-bond acceptors (Lipinski definition) is 5. The number of para-hydroxylation sites is 1. The van der Waals surface area contributed by atoms with E-state index in [0.717, 1.165) is 18.1 Å². The minimum absolute atomic E-state index is 0.0866. The summed E-state index contributed by atoms with van der Waals surface area (Å²) in [4.78, 5) is 6.53. The first kappa shape index (κ1) is 15.5. The Hall–Kier alpha value is -1.88. The average molecular weight is 289 g/mol. The Kier molecular flexibility index (Phi) is 4.96. The smallest absolute Gasteiger partial charge is 0.240 e. The second-order valence-electron chi connectivity index (χ2n) is 6.16. The van der Waals surface area contributed by atoms with Crippen LogP contribution in [-0.4, -0.2) is 35.2 Å². The van der Waals surface area contributed by atoms with E-state index in [-0.39, 0.29) is 5.41 Å². The van der Waals surface area contributed by atoms with E-state index >= 15 is 0 Å². The molecule has 0 unspecified atom stereocenters. The van der Waals surface area contributed by atoms with Crippen molar-refractivity contribution in [3.63, 3.8) is 0 Å². The van der Waals surface area contributed by atoms with Crippen molar-refractivity contribution in [1.82, 2.24) is 15.0 Å². The van der Waals surface area contributed by atoms with E-state index in [1.165, 1.54) is 0 Å². The topological polar surface area (TPSA) is 51.4 Å². The van der Waals surface area contributed by atoms with Crippen molar-refractivity contribution in [2.75, 3.05) is 20.2 Å². The minimum atomic E-state index is -0.0866. The summed E-state index contributed by atoms with van der Waals surface area (Å²) in [5, 5.41) is 4.02. The molecule has 1 heterocycles. The van der Waals surface area contributed by atoms with Crippen LogP contribution in [0.2, 0.25) is 0 Å². The summed E-state index contributed by atoms with van der Waals surface area (Å²) in [7, 11) is 2.01. The van der Waals surface area contributed by atoms with Crippen molar-refractivity contribution in [3.05, 3.63) is 42.0 Å². The van der Waals surface area contributed by atoms with E-state index < -0.39 is 0 Å². The summed E-state index contributed by atoms with van der Waals surface area (Å²) < 4.78 is 10.9. The molecule has 0 saturated carbocycles. The van der Waals surface area contributed by atoms with Gasteiger partial charge in [0, 0.05) is 12.0 Å². The van der Waals surface area contributed by atoms with Crippen molar-refractivity contribution in [1.29, 1.82) is 0 Å². The second kappa shape index (κ2) is 6.72. The first-order chi connectivity index (χ1) is 9.95. The van der Waals surface area contributed by atoms with Crippen LogP contribution in [0.1, 0.15) is 32.5 Å². The number of rotatable bonds is 6. The molecule has 5 nitrogen and oxygen atoms in total. The molecule has 5 heteroatoms. The van der Waals surface area contributed by atoms with Crippen LogP contribution in [0.5, 0.6) is 5.75 Å². The molecule has 0 atom stereocenters. The van der Waals surface area contributed by atoms with Gasteiger partial charge in [-0.2, -0.15) is 4.98 Å². The zero-order chi connectivity index (χ0) is 15.3. The zero-order valence-electron chi connectivity index (χ0n) is 13.2. The van der Waals surface area contributed by atoms with E-state index in [2.05, 4.69) is 35.8 Å². The second-order valence-corrected chi connectivity index (χ2v) is 6.16. The molecular weight excluding hydrogens is 266 g/mol. The number of hydrogen-bond donors (Lipinski definition) is 0. The van der Waals surface area contributed by atoms with Gasteiger partial charge in [-0.3, -0.25) is 4.90 Å². The quantitative estimate of drug-likeness (QED) is 0.818. The summed E-state index contributed by atoms with van der Waals surface area (Å²) in [5.74, 6) is 2.27. The van der Waals surface area contributed by atoms with Crippen molar-refractivity contribution >= 4 is 0 Å². The lowest BCUT2D eigenvalue weighted by Crippen LogP contribution is -2.24. The maximum Gasteiger partial charge on any atom is 0.240 e. The lowest BCUT2D eigenvalue weighted by Gasteiger charge is -2.14. The van der Waals surface area contributed by atoms with Gasteiger partial charge in [-0.1, -0.05) is 44.1 Å². The number of nitrogens with zero attached hydrogens (tertiary/aromatic N) is 3. The van der Waals surface area contributed by atoms with Crippen LogP contribution in [0, 0.1) is 0 Å². The standard InChI is InChI=1S/C16H23N3O2/c1-16(2,3)15-17-14(21-18-15)12-19(4)10-11-20-13-8-6-5-7-9-13/h5-9H,10-12H2,1-4H3. The van der Waals surface area contributed by atoms with Gasteiger partial charge < -0.3 is 9.26 Å². The van der Waals surface area contributed by atoms with Crippen molar-refractivity contribution in [2.24, 2.45) is 0 Å². The Morgan fingerprint density at radius 1 is 1.19 bits per heavy atom. The van der Waals surface area contributed by atoms with Crippen LogP contribution in [0.25, 0.3) is 0 Å². The highest BCUT2D eigenvalue weighted by molar-refractivity contribution is 5.20. The predicted octanol–water partition coefficient (Wildman–Crippen LogP) is 2.88. The molecule has 1 aromatic heterocycles. The molecular formula is C16H23N3O2. The largest absolute Gasteiger partial charge is 0.492 e. The van der Waals surface area contributed by atoms with Crippen molar-refractivity contribution in [2.45, 2.75) is 32.7 Å². The Labute approximate surface area is 125 Å². The van der Waals surface area contributed by atoms with Gasteiger partial charge >= 0.3 is 0 Å². The molecule has 0 aliphatic rings. The number of likely N-dealkylation sites (N-methyl/N-ethyl adjacent to an activating group) is 1. The number of ether oxygens (including phenoxy) is 1. The third-order valence-corrected chi connectivity index (χ3v) is 3.03. The summed E-state index contributed by atoms with van der Waals surface area (Å²) in [5.41, 5.74) is -0.0866. The van der Waals surface area contributed by atoms with Gasteiger partial charge in [0.2, 0.25) is 5.89 Å². The Morgan fingerprint density at radius 3 is 2.52 bits per heavy atom. The minimum Gasteiger partial charge on any atom is -0.492 e. The Bertz CT molecular complexity index is 546. The fraction of sp³-hybridized carbons (Fsp3) is 0.500. The van der Waals surface area contributed by atoms with Crippen LogP contribution in [-0.2, 0) is 12.0 Å². The summed E-state index contributed by atoms with van der Waals surface area (Å²) in [6.45, 7) is 8.25. The first-order valence-electron chi connectivity index (χ1n) is 7.14. The highest BCUT2D eigenvalue weighted by Crippen LogP contribution is 2.18. The monoisotopic (exact) mass is 289 g/mol. The molecule has 21 heavy (non-hydrogen) atoms. The van der Waals surface area contributed by atoms with Crippen LogP contribution in [0.3, 0.4) is 0 Å². The van der Waals surface area contributed by atoms with Gasteiger partial charge in [0.25, 0.3) is 0 Å². The highest BCUT2D eigenvalue weighted by atomic mass is 16.5. The summed E-state index contributed by atoms with van der Waals surface area (Å²) in [6.07, 6.45) is 0. The molecule has 0 amide bonds. The van der Waals surface area contributed by atoms with Gasteiger partial charge in [-0.15, -0.1) is 0 Å². The van der Waals surface area contributed by atoms with E-state index in [1.54, 1.807) is 0 Å². The van der Waals surface area contributed by atoms with E-state index in [9.17, 15) is 0 Å². The fourth-order valence-corrected chi connectivity index (χ4v) is 1.77. The number of benzene rings is 1. The van der Waals surface area contributed by atoms with E-state index in [1.807, 2.05) is 37.4 Å². The molecule has 0 saturated heterocycles. The molecule has 0 fully saturated rings. The summed E-state index contributed by atoms with van der Waals surface area (Å²) in [6, 6.07) is 9.81. The van der Waals surface area contributed by atoms with E-state index in [4.69, 9.17) is 9.26 Å². The third kappa shape index (κ3) is 4.86. The van der Waals surface area contributed by atoms with Gasteiger partial charge in [0.15, 0.2) is 5.82 Å². The third-order valence-electron chi connectivity index (χ3n) is 3.03. The summed E-state index contributed by atoms with van der Waals surface area (Å²) >= 11 is 0.